The van der Waals surface area contributed by atoms with E-state index >= 15 is 0 Å². The summed E-state index contributed by atoms with van der Waals surface area (Å²) in [7, 11) is 0. The lowest BCUT2D eigenvalue weighted by molar-refractivity contribution is -0.142. The first-order chi connectivity index (χ1) is 9.11. The summed E-state index contributed by atoms with van der Waals surface area (Å²) in [6.45, 7) is 2.28. The van der Waals surface area contributed by atoms with Crippen LogP contribution in [0.4, 0.5) is 4.39 Å². The van der Waals surface area contributed by atoms with Gasteiger partial charge in [0.1, 0.15) is 5.82 Å². The highest BCUT2D eigenvalue weighted by molar-refractivity contribution is 5.91. The molecule has 0 bridgehead atoms. The lowest BCUT2D eigenvalue weighted by atomic mass is 10.2. The third kappa shape index (κ3) is 6.35. The van der Waals surface area contributed by atoms with Gasteiger partial charge in [-0.05, 0) is 30.7 Å². The van der Waals surface area contributed by atoms with Crippen LogP contribution in [0.2, 0.25) is 0 Å². The zero-order chi connectivity index (χ0) is 14.1. The van der Waals surface area contributed by atoms with Gasteiger partial charge in [0.2, 0.25) is 5.91 Å². The highest BCUT2D eigenvalue weighted by Crippen LogP contribution is 2.04. The molecule has 5 heteroatoms. The zero-order valence-corrected chi connectivity index (χ0v) is 10.7. The second-order valence-electron chi connectivity index (χ2n) is 3.73. The Morgan fingerprint density at radius 1 is 1.32 bits per heavy atom. The van der Waals surface area contributed by atoms with Gasteiger partial charge in [-0.25, -0.2) is 4.39 Å². The van der Waals surface area contributed by atoms with Gasteiger partial charge >= 0.3 is 5.97 Å². The maximum atomic E-state index is 12.6. The van der Waals surface area contributed by atoms with Crippen molar-refractivity contribution in [3.8, 4) is 0 Å². The maximum absolute atomic E-state index is 12.6. The molecule has 0 saturated carbocycles. The first kappa shape index (κ1) is 14.9. The molecule has 19 heavy (non-hydrogen) atoms. The Bertz CT molecular complexity index is 454. The molecule has 1 rings (SSSR count). The summed E-state index contributed by atoms with van der Waals surface area (Å²) in [5.41, 5.74) is 0.724. The van der Waals surface area contributed by atoms with Crippen LogP contribution in [0.1, 0.15) is 18.9 Å². The van der Waals surface area contributed by atoms with Crippen LogP contribution in [0, 0.1) is 5.82 Å². The molecular formula is C14H16FNO3. The predicted molar refractivity (Wildman–Crippen MR) is 69.7 cm³/mol. The molecule has 0 unspecified atom stereocenters. The van der Waals surface area contributed by atoms with E-state index in [2.05, 4.69) is 5.32 Å². The van der Waals surface area contributed by atoms with Crippen molar-refractivity contribution in [2.75, 3.05) is 13.2 Å². The van der Waals surface area contributed by atoms with Gasteiger partial charge in [-0.1, -0.05) is 12.1 Å². The number of carbonyl (C=O) groups excluding carboxylic acids is 2. The lowest BCUT2D eigenvalue weighted by Gasteiger charge is -2.02. The van der Waals surface area contributed by atoms with E-state index in [1.54, 1.807) is 25.1 Å². The molecule has 0 heterocycles. The summed E-state index contributed by atoms with van der Waals surface area (Å²) in [5.74, 6) is -0.977. The summed E-state index contributed by atoms with van der Waals surface area (Å²) < 4.78 is 17.4. The van der Waals surface area contributed by atoms with E-state index in [1.807, 2.05) is 0 Å². The van der Waals surface area contributed by atoms with E-state index in [-0.39, 0.29) is 30.7 Å². The highest BCUT2D eigenvalue weighted by atomic mass is 19.1. The van der Waals surface area contributed by atoms with Crippen LogP contribution in [-0.2, 0) is 14.3 Å². The second kappa shape index (κ2) is 8.02. The zero-order valence-electron chi connectivity index (χ0n) is 10.7. The number of ether oxygens (including phenoxy) is 1. The number of nitrogens with one attached hydrogen (secondary N) is 1. The van der Waals surface area contributed by atoms with Crippen molar-refractivity contribution in [2.24, 2.45) is 0 Å². The van der Waals surface area contributed by atoms with Crippen LogP contribution in [0.3, 0.4) is 0 Å². The molecule has 0 atom stereocenters. The maximum Gasteiger partial charge on any atom is 0.307 e. The minimum absolute atomic E-state index is 0.143. The first-order valence-electron chi connectivity index (χ1n) is 5.99. The molecule has 0 fully saturated rings. The van der Waals surface area contributed by atoms with Gasteiger partial charge in [0.15, 0.2) is 0 Å². The Hall–Kier alpha value is -2.17. The highest BCUT2D eigenvalue weighted by Gasteiger charge is 2.02. The van der Waals surface area contributed by atoms with Gasteiger partial charge in [-0.15, -0.1) is 0 Å². The van der Waals surface area contributed by atoms with Gasteiger partial charge in [0.25, 0.3) is 0 Å². The van der Waals surface area contributed by atoms with Crippen LogP contribution in [0.15, 0.2) is 30.3 Å². The summed E-state index contributed by atoms with van der Waals surface area (Å²) in [6, 6.07) is 5.77. The number of rotatable bonds is 6. The number of halogens is 1. The monoisotopic (exact) mass is 265 g/mol. The molecule has 1 N–H and O–H groups in total. The fourth-order valence-electron chi connectivity index (χ4n) is 1.33. The Kier molecular flexibility index (Phi) is 6.29. The van der Waals surface area contributed by atoms with Crippen LogP contribution in [0.5, 0.6) is 0 Å². The SMILES string of the molecule is CCOC(=O)CCNC(=O)/C=C/c1ccc(F)cc1. The fraction of sp³-hybridized carbons (Fsp3) is 0.286. The Morgan fingerprint density at radius 3 is 2.63 bits per heavy atom. The molecule has 0 aliphatic heterocycles. The predicted octanol–water partition coefficient (Wildman–Crippen LogP) is 1.91. The van der Waals surface area contributed by atoms with Gasteiger partial charge in [-0.3, -0.25) is 9.59 Å². The average molecular weight is 265 g/mol. The number of hydrogen-bond donors (Lipinski definition) is 1. The smallest absolute Gasteiger partial charge is 0.307 e. The van der Waals surface area contributed by atoms with E-state index in [0.29, 0.717) is 6.61 Å². The Morgan fingerprint density at radius 2 is 2.00 bits per heavy atom. The van der Waals surface area contributed by atoms with E-state index in [1.165, 1.54) is 18.2 Å². The Balaban J connectivity index is 2.31. The van der Waals surface area contributed by atoms with Gasteiger partial charge in [0.05, 0.1) is 13.0 Å². The molecule has 1 aromatic rings. The molecule has 102 valence electrons. The van der Waals surface area contributed by atoms with Crippen LogP contribution < -0.4 is 5.32 Å². The third-order valence-electron chi connectivity index (χ3n) is 2.23. The van der Waals surface area contributed by atoms with Crippen molar-refractivity contribution in [3.63, 3.8) is 0 Å². The standard InChI is InChI=1S/C14H16FNO3/c1-2-19-14(18)9-10-16-13(17)8-5-11-3-6-12(15)7-4-11/h3-8H,2,9-10H2,1H3,(H,16,17)/b8-5+. The largest absolute Gasteiger partial charge is 0.466 e. The molecule has 0 radical (unpaired) electrons. The molecule has 4 nitrogen and oxygen atoms in total. The molecule has 1 aromatic carbocycles. The molecular weight excluding hydrogens is 249 g/mol. The number of hydrogen-bond acceptors (Lipinski definition) is 3. The quantitative estimate of drug-likeness (QED) is 0.631. The van der Waals surface area contributed by atoms with Gasteiger partial charge in [0, 0.05) is 12.6 Å². The lowest BCUT2D eigenvalue weighted by Crippen LogP contribution is -2.24. The van der Waals surface area contributed by atoms with Crippen molar-refractivity contribution in [1.29, 1.82) is 0 Å². The van der Waals surface area contributed by atoms with E-state index < -0.39 is 0 Å². The normalized spacial score (nSPS) is 10.4. The van der Waals surface area contributed by atoms with Crippen molar-refractivity contribution in [2.45, 2.75) is 13.3 Å². The average Bonchev–Trinajstić information content (AvgIpc) is 2.38. The summed E-state index contributed by atoms with van der Waals surface area (Å²) in [6.07, 6.45) is 3.04. The molecule has 1 amide bonds. The molecule has 0 aromatic heterocycles. The molecule has 0 spiro atoms. The fourth-order valence-corrected chi connectivity index (χ4v) is 1.33. The van der Waals surface area contributed by atoms with Crippen molar-refractivity contribution < 1.29 is 18.7 Å². The topological polar surface area (TPSA) is 55.4 Å². The summed E-state index contributed by atoms with van der Waals surface area (Å²) >= 11 is 0. The van der Waals surface area contributed by atoms with Crippen LogP contribution >= 0.6 is 0 Å². The number of amides is 1. The summed E-state index contributed by atoms with van der Waals surface area (Å²) in [5, 5.41) is 2.55. The van der Waals surface area contributed by atoms with Crippen molar-refractivity contribution >= 4 is 18.0 Å². The minimum Gasteiger partial charge on any atom is -0.466 e. The molecule has 0 aliphatic carbocycles. The van der Waals surface area contributed by atoms with E-state index in [4.69, 9.17) is 4.74 Å². The first-order valence-corrected chi connectivity index (χ1v) is 5.99. The van der Waals surface area contributed by atoms with E-state index in [9.17, 15) is 14.0 Å². The van der Waals surface area contributed by atoms with Gasteiger partial charge < -0.3 is 10.1 Å². The molecule has 0 saturated heterocycles. The number of esters is 1. The van der Waals surface area contributed by atoms with Crippen molar-refractivity contribution in [1.82, 2.24) is 5.32 Å². The van der Waals surface area contributed by atoms with Crippen LogP contribution in [-0.4, -0.2) is 25.0 Å². The van der Waals surface area contributed by atoms with Gasteiger partial charge in [-0.2, -0.15) is 0 Å². The van der Waals surface area contributed by atoms with Crippen LogP contribution in [0.25, 0.3) is 6.08 Å². The molecule has 0 aliphatic rings. The van der Waals surface area contributed by atoms with E-state index in [0.717, 1.165) is 5.56 Å². The third-order valence-corrected chi connectivity index (χ3v) is 2.23. The minimum atomic E-state index is -0.342. The Labute approximate surface area is 111 Å². The summed E-state index contributed by atoms with van der Waals surface area (Å²) in [4.78, 5) is 22.4. The number of benzene rings is 1. The number of carbonyl (C=O) groups is 2. The van der Waals surface area contributed by atoms with Crippen molar-refractivity contribution in [3.05, 3.63) is 41.7 Å². The second-order valence-corrected chi connectivity index (χ2v) is 3.73.